The molecule has 6 nitrogen and oxygen atoms in total. The number of hydrogen-bond acceptors (Lipinski definition) is 6. The Morgan fingerprint density at radius 2 is 1.00 bits per heavy atom. The molecule has 6 heteroatoms. The van der Waals surface area contributed by atoms with Crippen LogP contribution in [0.2, 0.25) is 0 Å². The SMILES string of the molecule is C1=CC(c2cc(-c3ccc(-c4nc(-c5ccccc5)nc(-c5cccc(-c6cccc7cccnc67)c5)n4)cc3)c3ccc4ccc(-c5ccccc5)nc4c3n2)=CCC1. The number of hydrogen-bond donors (Lipinski definition) is 0. The van der Waals surface area contributed by atoms with E-state index in [1.54, 1.807) is 0 Å². The van der Waals surface area contributed by atoms with Crippen molar-refractivity contribution in [3.63, 3.8) is 0 Å². The first-order valence-electron chi connectivity index (χ1n) is 20.3. The third kappa shape index (κ3) is 6.60. The highest BCUT2D eigenvalue weighted by Crippen LogP contribution is 2.37. The van der Waals surface area contributed by atoms with E-state index in [0.29, 0.717) is 17.5 Å². The summed E-state index contributed by atoms with van der Waals surface area (Å²) in [6.07, 6.45) is 10.6. The predicted octanol–water partition coefficient (Wildman–Crippen LogP) is 13.3. The van der Waals surface area contributed by atoms with Crippen molar-refractivity contribution in [2.45, 2.75) is 12.8 Å². The highest BCUT2D eigenvalue weighted by atomic mass is 15.0. The van der Waals surface area contributed by atoms with E-state index in [9.17, 15) is 0 Å². The van der Waals surface area contributed by atoms with Gasteiger partial charge in [-0.15, -0.1) is 0 Å². The van der Waals surface area contributed by atoms with Gasteiger partial charge in [0.05, 0.1) is 27.9 Å². The number of allylic oxidation sites excluding steroid dienone is 4. The predicted molar refractivity (Wildman–Crippen MR) is 245 cm³/mol. The van der Waals surface area contributed by atoms with Crippen LogP contribution in [0.15, 0.2) is 194 Å². The fourth-order valence-corrected chi connectivity index (χ4v) is 8.14. The summed E-state index contributed by atoms with van der Waals surface area (Å²) in [5.74, 6) is 1.82. The zero-order valence-corrected chi connectivity index (χ0v) is 32.6. The molecule has 1 aliphatic carbocycles. The van der Waals surface area contributed by atoms with Crippen LogP contribution in [0, 0.1) is 0 Å². The van der Waals surface area contributed by atoms with E-state index in [1.165, 1.54) is 0 Å². The van der Waals surface area contributed by atoms with Gasteiger partial charge in [-0.05, 0) is 59.4 Å². The van der Waals surface area contributed by atoms with E-state index in [-0.39, 0.29) is 0 Å². The molecule has 4 heterocycles. The largest absolute Gasteiger partial charge is 0.256 e. The van der Waals surface area contributed by atoms with Crippen molar-refractivity contribution in [3.05, 3.63) is 200 Å². The molecule has 60 heavy (non-hydrogen) atoms. The average molecular weight is 769 g/mol. The van der Waals surface area contributed by atoms with Crippen LogP contribution in [0.3, 0.4) is 0 Å². The Hall–Kier alpha value is -7.96. The van der Waals surface area contributed by atoms with Crippen LogP contribution in [0.1, 0.15) is 18.5 Å². The van der Waals surface area contributed by atoms with Crippen LogP contribution in [-0.4, -0.2) is 29.9 Å². The number of fused-ring (bicyclic) bond motifs is 4. The van der Waals surface area contributed by atoms with E-state index in [0.717, 1.165) is 107 Å². The van der Waals surface area contributed by atoms with E-state index >= 15 is 0 Å². The van der Waals surface area contributed by atoms with Gasteiger partial charge in [-0.2, -0.15) is 0 Å². The maximum absolute atomic E-state index is 5.32. The summed E-state index contributed by atoms with van der Waals surface area (Å²) in [5.41, 5.74) is 13.8. The molecule has 0 saturated carbocycles. The number of para-hydroxylation sites is 1. The first kappa shape index (κ1) is 35.2. The number of pyridine rings is 3. The van der Waals surface area contributed by atoms with E-state index in [2.05, 4.69) is 133 Å². The monoisotopic (exact) mass is 768 g/mol. The molecule has 0 spiro atoms. The molecule has 0 radical (unpaired) electrons. The summed E-state index contributed by atoms with van der Waals surface area (Å²) < 4.78 is 0. The second-order valence-electron chi connectivity index (χ2n) is 15.0. The Morgan fingerprint density at radius 1 is 0.367 bits per heavy atom. The van der Waals surface area contributed by atoms with Gasteiger partial charge in [0.1, 0.15) is 0 Å². The van der Waals surface area contributed by atoms with Crippen LogP contribution < -0.4 is 0 Å². The Bertz CT molecular complexity index is 3300. The number of aromatic nitrogens is 6. The molecule has 0 aliphatic heterocycles. The second kappa shape index (κ2) is 15.1. The van der Waals surface area contributed by atoms with Gasteiger partial charge < -0.3 is 0 Å². The Morgan fingerprint density at radius 3 is 1.78 bits per heavy atom. The molecule has 0 bridgehead atoms. The number of nitrogens with zero attached hydrogens (tertiary/aromatic N) is 6. The number of benzene rings is 6. The van der Waals surface area contributed by atoms with Crippen LogP contribution in [-0.2, 0) is 0 Å². The van der Waals surface area contributed by atoms with Crippen LogP contribution >= 0.6 is 0 Å². The molecular formula is C54H36N6. The molecule has 0 saturated heterocycles. The van der Waals surface area contributed by atoms with E-state index in [1.807, 2.05) is 60.8 Å². The summed E-state index contributed by atoms with van der Waals surface area (Å²) in [5, 5.41) is 3.20. The van der Waals surface area contributed by atoms with Gasteiger partial charge in [0.15, 0.2) is 17.5 Å². The minimum Gasteiger partial charge on any atom is -0.256 e. The van der Waals surface area contributed by atoms with Crippen molar-refractivity contribution < 1.29 is 0 Å². The molecular weight excluding hydrogens is 733 g/mol. The second-order valence-corrected chi connectivity index (χ2v) is 15.0. The van der Waals surface area contributed by atoms with Crippen molar-refractivity contribution in [1.29, 1.82) is 0 Å². The molecule has 1 aliphatic rings. The normalized spacial score (nSPS) is 12.6. The van der Waals surface area contributed by atoms with Crippen LogP contribution in [0.25, 0.3) is 106 Å². The fraction of sp³-hybridized carbons (Fsp3) is 0.0370. The molecule has 0 atom stereocenters. The fourth-order valence-electron chi connectivity index (χ4n) is 8.14. The van der Waals surface area contributed by atoms with Crippen LogP contribution in [0.4, 0.5) is 0 Å². The molecule has 6 aromatic carbocycles. The Balaban J connectivity index is 1.03. The average Bonchev–Trinajstić information content (AvgIpc) is 3.34. The van der Waals surface area contributed by atoms with Gasteiger partial charge in [-0.25, -0.2) is 24.9 Å². The maximum atomic E-state index is 5.32. The standard InChI is InChI=1S/C54H36N6/c1-4-13-36(14-5-1)47-31-29-39-28-30-45-46(34-48(37-15-6-2-7-16-37)57-51(45)50(39)56-47)35-24-26-41(27-25-35)53-58-52(40-17-8-3-9-18-40)59-54(60-53)43-21-10-20-42(33-43)44-23-11-19-38-22-12-32-55-49(38)44/h1,3-6,8-34H,2,7H2. The molecule has 11 rings (SSSR count). The first-order chi connectivity index (χ1) is 29.7. The lowest BCUT2D eigenvalue weighted by Crippen LogP contribution is -2.00. The molecule has 0 N–H and O–H groups in total. The van der Waals surface area contributed by atoms with E-state index in [4.69, 9.17) is 29.9 Å². The van der Waals surface area contributed by atoms with Gasteiger partial charge in [-0.1, -0.05) is 164 Å². The minimum absolute atomic E-state index is 0.601. The van der Waals surface area contributed by atoms with Crippen molar-refractivity contribution in [3.8, 4) is 67.7 Å². The van der Waals surface area contributed by atoms with Crippen molar-refractivity contribution in [1.82, 2.24) is 29.9 Å². The van der Waals surface area contributed by atoms with Gasteiger partial charge in [0, 0.05) is 50.2 Å². The molecule has 0 amide bonds. The maximum Gasteiger partial charge on any atom is 0.164 e. The van der Waals surface area contributed by atoms with Gasteiger partial charge in [0.2, 0.25) is 0 Å². The topological polar surface area (TPSA) is 77.3 Å². The quantitative estimate of drug-likeness (QED) is 0.150. The lowest BCUT2D eigenvalue weighted by Gasteiger charge is -2.15. The van der Waals surface area contributed by atoms with Crippen molar-refractivity contribution >= 4 is 38.3 Å². The molecule has 10 aromatic rings. The molecule has 0 fully saturated rings. The highest BCUT2D eigenvalue weighted by Gasteiger charge is 2.17. The Labute approximate surface area is 347 Å². The van der Waals surface area contributed by atoms with Gasteiger partial charge >= 0.3 is 0 Å². The summed E-state index contributed by atoms with van der Waals surface area (Å²) >= 11 is 0. The summed E-state index contributed by atoms with van der Waals surface area (Å²) in [6, 6.07) is 58.5. The first-order valence-corrected chi connectivity index (χ1v) is 20.3. The van der Waals surface area contributed by atoms with Gasteiger partial charge in [0.25, 0.3) is 0 Å². The van der Waals surface area contributed by atoms with Gasteiger partial charge in [-0.3, -0.25) is 4.98 Å². The molecule has 0 unspecified atom stereocenters. The van der Waals surface area contributed by atoms with Crippen molar-refractivity contribution in [2.24, 2.45) is 0 Å². The zero-order chi connectivity index (χ0) is 39.8. The lowest BCUT2D eigenvalue weighted by molar-refractivity contribution is 1.04. The molecule has 4 aromatic heterocycles. The van der Waals surface area contributed by atoms with Crippen LogP contribution in [0.5, 0.6) is 0 Å². The molecule has 282 valence electrons. The zero-order valence-electron chi connectivity index (χ0n) is 32.6. The smallest absolute Gasteiger partial charge is 0.164 e. The Kier molecular flexibility index (Phi) is 8.86. The lowest BCUT2D eigenvalue weighted by atomic mass is 9.95. The summed E-state index contributed by atoms with van der Waals surface area (Å²) in [4.78, 5) is 30.5. The number of rotatable bonds is 7. The third-order valence-corrected chi connectivity index (χ3v) is 11.2. The van der Waals surface area contributed by atoms with E-state index < -0.39 is 0 Å². The minimum atomic E-state index is 0.601. The van der Waals surface area contributed by atoms with Crippen molar-refractivity contribution in [2.75, 3.05) is 0 Å². The summed E-state index contributed by atoms with van der Waals surface area (Å²) in [6.45, 7) is 0. The highest BCUT2D eigenvalue weighted by molar-refractivity contribution is 6.09. The summed E-state index contributed by atoms with van der Waals surface area (Å²) in [7, 11) is 0. The third-order valence-electron chi connectivity index (χ3n) is 11.2.